The highest BCUT2D eigenvalue weighted by molar-refractivity contribution is 5.92. The van der Waals surface area contributed by atoms with Crippen molar-refractivity contribution in [1.82, 2.24) is 15.1 Å². The Morgan fingerprint density at radius 2 is 2.04 bits per heavy atom. The molecule has 5 heteroatoms. The van der Waals surface area contributed by atoms with E-state index >= 15 is 0 Å². The number of nitrogens with one attached hydrogen (secondary N) is 1. The number of amides is 1. The number of carbonyl (C=O) groups excluding carboxylic acids is 1. The van der Waals surface area contributed by atoms with Crippen LogP contribution in [-0.4, -0.2) is 22.3 Å². The molecule has 0 aliphatic heterocycles. The zero-order valence-corrected chi connectivity index (χ0v) is 17.3. The van der Waals surface area contributed by atoms with E-state index in [1.54, 1.807) is 11.7 Å². The molecule has 150 valence electrons. The molecule has 0 saturated heterocycles. The monoisotopic (exact) mass is 381 g/mol. The lowest BCUT2D eigenvalue weighted by Crippen LogP contribution is -2.25. The van der Waals surface area contributed by atoms with Crippen LogP contribution in [-0.2, 0) is 20.0 Å². The van der Waals surface area contributed by atoms with Gasteiger partial charge in [-0.3, -0.25) is 9.48 Å². The second-order valence-electron chi connectivity index (χ2n) is 6.78. The summed E-state index contributed by atoms with van der Waals surface area (Å²) < 4.78 is 7.32. The lowest BCUT2D eigenvalue weighted by molar-refractivity contribution is 0.0941. The van der Waals surface area contributed by atoms with Crippen LogP contribution in [0.5, 0.6) is 5.75 Å². The minimum Gasteiger partial charge on any atom is -0.481 e. The number of carbonyl (C=O) groups is 1. The molecule has 2 rings (SSSR count). The molecular formula is C23H31N3O2. The third kappa shape index (κ3) is 7.11. The molecular weight excluding hydrogens is 350 g/mol. The van der Waals surface area contributed by atoms with Gasteiger partial charge in [0, 0.05) is 20.0 Å². The third-order valence-electron chi connectivity index (χ3n) is 4.47. The van der Waals surface area contributed by atoms with Gasteiger partial charge in [-0.2, -0.15) is 5.10 Å². The minimum absolute atomic E-state index is 0.130. The number of rotatable bonds is 10. The average Bonchev–Trinajstić information content (AvgIpc) is 3.09. The molecule has 0 radical (unpaired) electrons. The van der Waals surface area contributed by atoms with Crippen molar-refractivity contribution in [1.29, 1.82) is 0 Å². The predicted octanol–water partition coefficient (Wildman–Crippen LogP) is 4.27. The number of nitrogens with zero attached hydrogens (tertiary/aromatic N) is 2. The van der Waals surface area contributed by atoms with Crippen molar-refractivity contribution < 1.29 is 9.53 Å². The summed E-state index contributed by atoms with van der Waals surface area (Å²) in [5, 5.41) is 7.25. The molecule has 0 saturated carbocycles. The van der Waals surface area contributed by atoms with Crippen LogP contribution in [0.15, 0.2) is 30.3 Å². The fourth-order valence-corrected chi connectivity index (χ4v) is 2.83. The number of aryl methyl sites for hydroxylation is 2. The Morgan fingerprint density at radius 1 is 1.18 bits per heavy atom. The third-order valence-corrected chi connectivity index (χ3v) is 4.47. The van der Waals surface area contributed by atoms with Crippen LogP contribution in [0.3, 0.4) is 0 Å². The van der Waals surface area contributed by atoms with E-state index in [0.29, 0.717) is 18.8 Å². The summed E-state index contributed by atoms with van der Waals surface area (Å²) in [6.07, 6.45) is 6.67. The zero-order chi connectivity index (χ0) is 20.2. The van der Waals surface area contributed by atoms with Gasteiger partial charge in [0.05, 0.1) is 5.69 Å². The van der Waals surface area contributed by atoms with Gasteiger partial charge in [-0.25, -0.2) is 0 Å². The summed E-state index contributed by atoms with van der Waals surface area (Å²) in [6, 6.07) is 9.56. The molecule has 0 aliphatic rings. The lowest BCUT2D eigenvalue weighted by atomic mass is 10.2. The summed E-state index contributed by atoms with van der Waals surface area (Å²) >= 11 is 0. The first-order valence-corrected chi connectivity index (χ1v) is 10.1. The van der Waals surface area contributed by atoms with Gasteiger partial charge < -0.3 is 10.1 Å². The summed E-state index contributed by atoms with van der Waals surface area (Å²) in [6.45, 7) is 5.05. The van der Waals surface area contributed by atoms with Crippen LogP contribution >= 0.6 is 0 Å². The number of hydrogen-bond donors (Lipinski definition) is 1. The maximum Gasteiger partial charge on any atom is 0.269 e. The molecule has 1 aromatic heterocycles. The van der Waals surface area contributed by atoms with Crippen LogP contribution < -0.4 is 10.1 Å². The van der Waals surface area contributed by atoms with E-state index in [9.17, 15) is 4.79 Å². The molecule has 1 N–H and O–H groups in total. The highest BCUT2D eigenvalue weighted by Crippen LogP contribution is 2.13. The molecule has 0 fully saturated rings. The van der Waals surface area contributed by atoms with Crippen molar-refractivity contribution in [2.24, 2.45) is 7.05 Å². The molecule has 0 bridgehead atoms. The van der Waals surface area contributed by atoms with E-state index in [1.807, 2.05) is 37.3 Å². The largest absolute Gasteiger partial charge is 0.481 e. The maximum absolute atomic E-state index is 12.4. The molecule has 0 aliphatic carbocycles. The Morgan fingerprint density at radius 3 is 2.79 bits per heavy atom. The second kappa shape index (κ2) is 11.9. The van der Waals surface area contributed by atoms with Crippen molar-refractivity contribution in [2.75, 3.05) is 6.61 Å². The van der Waals surface area contributed by atoms with E-state index in [0.717, 1.165) is 36.3 Å². The first-order valence-electron chi connectivity index (χ1n) is 10.1. The van der Waals surface area contributed by atoms with Gasteiger partial charge in [0.2, 0.25) is 0 Å². The Balaban J connectivity index is 1.78. The maximum atomic E-state index is 12.4. The molecule has 0 unspecified atom stereocenters. The Hall–Kier alpha value is -2.74. The van der Waals surface area contributed by atoms with Crippen LogP contribution in [0.1, 0.15) is 67.7 Å². The van der Waals surface area contributed by atoms with E-state index < -0.39 is 0 Å². The summed E-state index contributed by atoms with van der Waals surface area (Å²) in [5.41, 5.74) is 2.46. The second-order valence-corrected chi connectivity index (χ2v) is 6.78. The van der Waals surface area contributed by atoms with Gasteiger partial charge in [-0.05, 0) is 36.6 Å². The first kappa shape index (κ1) is 21.6. The van der Waals surface area contributed by atoms with Crippen LogP contribution in [0.25, 0.3) is 0 Å². The van der Waals surface area contributed by atoms with Crippen molar-refractivity contribution in [3.8, 4) is 17.6 Å². The van der Waals surface area contributed by atoms with Crippen LogP contribution in [0.4, 0.5) is 0 Å². The SMILES string of the molecule is CCCCCCC#CCOc1cccc(CNC(=O)c2cc(CC)nn2C)c1. The summed E-state index contributed by atoms with van der Waals surface area (Å²) in [4.78, 5) is 12.4. The van der Waals surface area contributed by atoms with Gasteiger partial charge in [-0.1, -0.05) is 57.1 Å². The molecule has 5 nitrogen and oxygen atoms in total. The quantitative estimate of drug-likeness (QED) is 0.494. The first-order chi connectivity index (χ1) is 13.6. The molecule has 0 spiro atoms. The molecule has 0 atom stereocenters. The number of aromatic nitrogens is 2. The van der Waals surface area contributed by atoms with Crippen molar-refractivity contribution in [3.05, 3.63) is 47.3 Å². The lowest BCUT2D eigenvalue weighted by Gasteiger charge is -2.07. The Bertz CT molecular complexity index is 815. The molecule has 1 amide bonds. The average molecular weight is 382 g/mol. The summed E-state index contributed by atoms with van der Waals surface area (Å²) in [5.74, 6) is 6.86. The van der Waals surface area contributed by atoms with Crippen LogP contribution in [0.2, 0.25) is 0 Å². The highest BCUT2D eigenvalue weighted by Gasteiger charge is 2.12. The van der Waals surface area contributed by atoms with Crippen molar-refractivity contribution in [3.63, 3.8) is 0 Å². The number of benzene rings is 1. The standard InChI is InChI=1S/C23H31N3O2/c1-4-6-7-8-9-10-11-15-28-21-14-12-13-19(16-21)18-24-23(27)22-17-20(5-2)25-26(22)3/h12-14,16-17H,4-9,15,18H2,1-3H3,(H,24,27). The smallest absolute Gasteiger partial charge is 0.269 e. The van der Waals surface area contributed by atoms with Crippen molar-refractivity contribution in [2.45, 2.75) is 58.9 Å². The van der Waals surface area contributed by atoms with E-state index in [1.165, 1.54) is 19.3 Å². The van der Waals surface area contributed by atoms with E-state index in [4.69, 9.17) is 4.74 Å². The van der Waals surface area contributed by atoms with Crippen molar-refractivity contribution >= 4 is 5.91 Å². The molecule has 28 heavy (non-hydrogen) atoms. The fourth-order valence-electron chi connectivity index (χ4n) is 2.83. The Labute approximate surface area is 168 Å². The summed E-state index contributed by atoms with van der Waals surface area (Å²) in [7, 11) is 1.79. The van der Waals surface area contributed by atoms with Gasteiger partial charge in [0.15, 0.2) is 0 Å². The van der Waals surface area contributed by atoms with E-state index in [-0.39, 0.29) is 5.91 Å². The normalized spacial score (nSPS) is 10.2. The number of ether oxygens (including phenoxy) is 1. The fraction of sp³-hybridized carbons (Fsp3) is 0.478. The highest BCUT2D eigenvalue weighted by atomic mass is 16.5. The predicted molar refractivity (Wildman–Crippen MR) is 112 cm³/mol. The Kier molecular flexibility index (Phi) is 9.14. The minimum atomic E-state index is -0.130. The number of unbranched alkanes of at least 4 members (excludes halogenated alkanes) is 4. The number of hydrogen-bond acceptors (Lipinski definition) is 3. The molecule has 2 aromatic rings. The topological polar surface area (TPSA) is 56.1 Å². The van der Waals surface area contributed by atoms with Gasteiger partial charge in [0.25, 0.3) is 5.91 Å². The molecule has 1 aromatic carbocycles. The van der Waals surface area contributed by atoms with Crippen LogP contribution in [0, 0.1) is 11.8 Å². The van der Waals surface area contributed by atoms with Gasteiger partial charge in [0.1, 0.15) is 18.1 Å². The van der Waals surface area contributed by atoms with Gasteiger partial charge >= 0.3 is 0 Å². The molecule has 1 heterocycles. The van der Waals surface area contributed by atoms with E-state index in [2.05, 4.69) is 29.2 Å². The zero-order valence-electron chi connectivity index (χ0n) is 17.3. The van der Waals surface area contributed by atoms with Gasteiger partial charge in [-0.15, -0.1) is 0 Å².